The topological polar surface area (TPSA) is 67.4 Å². The van der Waals surface area contributed by atoms with Crippen molar-refractivity contribution < 1.29 is 18.7 Å². The molecule has 0 unspecified atom stereocenters. The number of hydrogen-bond acceptors (Lipinski definition) is 3. The third-order valence-corrected chi connectivity index (χ3v) is 4.05. The summed E-state index contributed by atoms with van der Waals surface area (Å²) >= 11 is 3.36. The smallest absolute Gasteiger partial charge is 0.226 e. The van der Waals surface area contributed by atoms with Crippen LogP contribution < -0.4 is 15.4 Å². The molecule has 7 heteroatoms. The Morgan fingerprint density at radius 2 is 1.81 bits per heavy atom. The maximum absolute atomic E-state index is 12.8. The van der Waals surface area contributed by atoms with Gasteiger partial charge in [-0.2, -0.15) is 0 Å². The van der Waals surface area contributed by atoms with Gasteiger partial charge in [-0.25, -0.2) is 4.39 Å². The van der Waals surface area contributed by atoms with Crippen LogP contribution in [-0.4, -0.2) is 25.0 Å². The number of hydrogen-bond donors (Lipinski definition) is 2. The molecule has 26 heavy (non-hydrogen) atoms. The molecule has 2 amide bonds. The first-order valence-electron chi connectivity index (χ1n) is 8.15. The number of anilines is 1. The molecule has 0 spiro atoms. The molecular weight excluding hydrogens is 403 g/mol. The summed E-state index contributed by atoms with van der Waals surface area (Å²) in [6.45, 7) is 2.33. The van der Waals surface area contributed by atoms with Crippen molar-refractivity contribution in [2.24, 2.45) is 0 Å². The summed E-state index contributed by atoms with van der Waals surface area (Å²) in [4.78, 5) is 23.7. The second-order valence-electron chi connectivity index (χ2n) is 5.66. The Balaban J connectivity index is 1.63. The van der Waals surface area contributed by atoms with Crippen molar-refractivity contribution in [3.63, 3.8) is 0 Å². The maximum Gasteiger partial charge on any atom is 0.226 e. The van der Waals surface area contributed by atoms with E-state index in [1.807, 2.05) is 25.1 Å². The Kier molecular flexibility index (Phi) is 7.59. The minimum atomic E-state index is -0.341. The zero-order chi connectivity index (χ0) is 18.9. The van der Waals surface area contributed by atoms with Gasteiger partial charge < -0.3 is 15.4 Å². The summed E-state index contributed by atoms with van der Waals surface area (Å²) < 4.78 is 19.0. The predicted octanol–water partition coefficient (Wildman–Crippen LogP) is 3.81. The monoisotopic (exact) mass is 422 g/mol. The minimum absolute atomic E-state index is 0.156. The van der Waals surface area contributed by atoms with Gasteiger partial charge in [0.2, 0.25) is 11.8 Å². The van der Waals surface area contributed by atoms with Gasteiger partial charge in [-0.3, -0.25) is 9.59 Å². The highest BCUT2D eigenvalue weighted by Crippen LogP contribution is 2.20. The van der Waals surface area contributed by atoms with Crippen LogP contribution in [0.4, 0.5) is 10.1 Å². The molecule has 2 rings (SSSR count). The zero-order valence-corrected chi connectivity index (χ0v) is 15.9. The third kappa shape index (κ3) is 6.84. The number of carbonyl (C=O) groups excluding carboxylic acids is 2. The second-order valence-corrected chi connectivity index (χ2v) is 6.58. The van der Waals surface area contributed by atoms with E-state index in [1.54, 1.807) is 0 Å². The largest absolute Gasteiger partial charge is 0.493 e. The molecule has 0 aliphatic rings. The number of aryl methyl sites for hydroxylation is 1. The van der Waals surface area contributed by atoms with Gasteiger partial charge in [0.05, 0.1) is 13.0 Å². The van der Waals surface area contributed by atoms with Crippen molar-refractivity contribution in [2.75, 3.05) is 18.5 Å². The molecule has 0 aliphatic carbocycles. The fourth-order valence-corrected chi connectivity index (χ4v) is 2.50. The molecule has 2 aromatic rings. The molecule has 0 bridgehead atoms. The van der Waals surface area contributed by atoms with Crippen LogP contribution in [0, 0.1) is 12.7 Å². The van der Waals surface area contributed by atoms with Gasteiger partial charge in [0.15, 0.2) is 0 Å². The lowest BCUT2D eigenvalue weighted by Crippen LogP contribution is -2.28. The molecule has 0 heterocycles. The van der Waals surface area contributed by atoms with E-state index in [0.717, 1.165) is 15.7 Å². The quantitative estimate of drug-likeness (QED) is 0.679. The molecule has 0 saturated heterocycles. The van der Waals surface area contributed by atoms with E-state index in [4.69, 9.17) is 4.74 Å². The molecule has 5 nitrogen and oxygen atoms in total. The van der Waals surface area contributed by atoms with Crippen LogP contribution in [0.15, 0.2) is 46.9 Å². The molecule has 0 saturated carbocycles. The van der Waals surface area contributed by atoms with Crippen LogP contribution >= 0.6 is 15.9 Å². The summed E-state index contributed by atoms with van der Waals surface area (Å²) in [5.41, 5.74) is 1.70. The van der Waals surface area contributed by atoms with E-state index in [9.17, 15) is 14.0 Å². The first-order valence-corrected chi connectivity index (χ1v) is 8.94. The van der Waals surface area contributed by atoms with Gasteiger partial charge in [-0.1, -0.05) is 22.0 Å². The summed E-state index contributed by atoms with van der Waals surface area (Å²) in [6.07, 6.45) is 0.334. The fourth-order valence-electron chi connectivity index (χ4n) is 2.14. The Morgan fingerprint density at radius 3 is 2.54 bits per heavy atom. The zero-order valence-electron chi connectivity index (χ0n) is 14.4. The van der Waals surface area contributed by atoms with Crippen molar-refractivity contribution in [3.05, 3.63) is 58.3 Å². The van der Waals surface area contributed by atoms with Crippen LogP contribution in [0.2, 0.25) is 0 Å². The Morgan fingerprint density at radius 1 is 1.08 bits per heavy atom. The highest BCUT2D eigenvalue weighted by atomic mass is 79.9. The van der Waals surface area contributed by atoms with Crippen LogP contribution in [0.1, 0.15) is 18.4 Å². The Hall–Kier alpha value is -2.41. The molecule has 138 valence electrons. The van der Waals surface area contributed by atoms with E-state index in [1.165, 1.54) is 24.3 Å². The molecule has 0 aliphatic heterocycles. The lowest BCUT2D eigenvalue weighted by atomic mass is 10.2. The Labute approximate surface area is 160 Å². The summed E-state index contributed by atoms with van der Waals surface area (Å²) in [6, 6.07) is 11.2. The lowest BCUT2D eigenvalue weighted by Gasteiger charge is -2.10. The summed E-state index contributed by atoms with van der Waals surface area (Å²) in [5.74, 6) is -0.220. The first-order chi connectivity index (χ1) is 12.4. The third-order valence-electron chi connectivity index (χ3n) is 3.56. The Bertz CT molecular complexity index is 766. The highest BCUT2D eigenvalue weighted by molar-refractivity contribution is 9.10. The highest BCUT2D eigenvalue weighted by Gasteiger charge is 2.07. The van der Waals surface area contributed by atoms with Gasteiger partial charge >= 0.3 is 0 Å². The van der Waals surface area contributed by atoms with Gasteiger partial charge in [0.25, 0.3) is 0 Å². The standard InChI is InChI=1S/C19H20BrFN2O3/c1-13-2-3-14(20)12-17(13)23-19(25)8-10-22-18(24)9-11-26-16-6-4-15(21)5-7-16/h2-7,12H,8-11H2,1H3,(H,22,24)(H,23,25). The van der Waals surface area contributed by atoms with Crippen molar-refractivity contribution in [1.82, 2.24) is 5.32 Å². The first kappa shape index (κ1) is 19.9. The molecule has 0 fully saturated rings. The van der Waals surface area contributed by atoms with Crippen LogP contribution in [-0.2, 0) is 9.59 Å². The number of rotatable bonds is 8. The molecule has 2 aromatic carbocycles. The molecule has 2 N–H and O–H groups in total. The van der Waals surface area contributed by atoms with Gasteiger partial charge in [-0.15, -0.1) is 0 Å². The molecule has 0 aromatic heterocycles. The van der Waals surface area contributed by atoms with Crippen LogP contribution in [0.5, 0.6) is 5.75 Å². The minimum Gasteiger partial charge on any atom is -0.493 e. The van der Waals surface area contributed by atoms with E-state index in [-0.39, 0.29) is 43.6 Å². The van der Waals surface area contributed by atoms with E-state index in [2.05, 4.69) is 26.6 Å². The second kappa shape index (κ2) is 9.91. The summed E-state index contributed by atoms with van der Waals surface area (Å²) in [7, 11) is 0. The van der Waals surface area contributed by atoms with Crippen LogP contribution in [0.3, 0.4) is 0 Å². The molecule has 0 atom stereocenters. The SMILES string of the molecule is Cc1ccc(Br)cc1NC(=O)CCNC(=O)CCOc1ccc(F)cc1. The number of halogens is 2. The van der Waals surface area contributed by atoms with Crippen molar-refractivity contribution >= 4 is 33.4 Å². The number of amides is 2. The lowest BCUT2D eigenvalue weighted by molar-refractivity contribution is -0.121. The number of benzene rings is 2. The normalized spacial score (nSPS) is 10.3. The van der Waals surface area contributed by atoms with E-state index in [0.29, 0.717) is 5.75 Å². The van der Waals surface area contributed by atoms with Crippen molar-refractivity contribution in [2.45, 2.75) is 19.8 Å². The summed E-state index contributed by atoms with van der Waals surface area (Å²) in [5, 5.41) is 5.49. The molecular formula is C19H20BrFN2O3. The van der Waals surface area contributed by atoms with Crippen molar-refractivity contribution in [1.29, 1.82) is 0 Å². The van der Waals surface area contributed by atoms with Crippen molar-refractivity contribution in [3.8, 4) is 5.75 Å². The average molecular weight is 423 g/mol. The van der Waals surface area contributed by atoms with Gasteiger partial charge in [0, 0.05) is 23.1 Å². The van der Waals surface area contributed by atoms with E-state index >= 15 is 0 Å². The predicted molar refractivity (Wildman–Crippen MR) is 102 cm³/mol. The van der Waals surface area contributed by atoms with E-state index < -0.39 is 0 Å². The van der Waals surface area contributed by atoms with Crippen LogP contribution in [0.25, 0.3) is 0 Å². The number of nitrogens with one attached hydrogen (secondary N) is 2. The number of ether oxygens (including phenoxy) is 1. The molecule has 0 radical (unpaired) electrons. The van der Waals surface area contributed by atoms with Gasteiger partial charge in [0.1, 0.15) is 11.6 Å². The number of carbonyl (C=O) groups is 2. The maximum atomic E-state index is 12.8. The van der Waals surface area contributed by atoms with Gasteiger partial charge in [-0.05, 0) is 48.9 Å². The average Bonchev–Trinajstić information content (AvgIpc) is 2.60. The fraction of sp³-hybridized carbons (Fsp3) is 0.263.